The van der Waals surface area contributed by atoms with Crippen molar-refractivity contribution in [1.82, 2.24) is 11.0 Å². The molecule has 0 aromatic rings. The van der Waals surface area contributed by atoms with Crippen LogP contribution in [0.5, 0.6) is 0 Å². The lowest BCUT2D eigenvalue weighted by molar-refractivity contribution is -0.298. The first-order valence-electron chi connectivity index (χ1n) is 0.981. The first-order chi connectivity index (χ1) is 2.81. The molecule has 4 nitrogen and oxygen atoms in total. The van der Waals surface area contributed by atoms with Crippen LogP contribution in [0.4, 0.5) is 4.48 Å². The topological polar surface area (TPSA) is 44.7 Å². The SMILES string of the molecule is ONN(F)OS. The van der Waals surface area contributed by atoms with Crippen LogP contribution in [0.25, 0.3) is 0 Å². The highest BCUT2D eigenvalue weighted by Gasteiger charge is 1.90. The maximum atomic E-state index is 11.0. The Morgan fingerprint density at radius 1 is 2.00 bits per heavy atom. The van der Waals surface area contributed by atoms with Crippen LogP contribution in [-0.4, -0.2) is 10.6 Å². The van der Waals surface area contributed by atoms with Crippen LogP contribution >= 0.6 is 12.9 Å². The van der Waals surface area contributed by atoms with Gasteiger partial charge in [0.1, 0.15) is 0 Å². The van der Waals surface area contributed by atoms with E-state index in [9.17, 15) is 4.48 Å². The second-order valence-electron chi connectivity index (χ2n) is 0.426. The van der Waals surface area contributed by atoms with Crippen molar-refractivity contribution in [2.75, 3.05) is 0 Å². The van der Waals surface area contributed by atoms with Crippen LogP contribution in [0.3, 0.4) is 0 Å². The van der Waals surface area contributed by atoms with E-state index in [1.54, 1.807) is 0 Å². The van der Waals surface area contributed by atoms with E-state index in [1.807, 2.05) is 0 Å². The second kappa shape index (κ2) is 3.32. The van der Waals surface area contributed by atoms with E-state index in [4.69, 9.17) is 5.21 Å². The Morgan fingerprint density at radius 2 is 2.50 bits per heavy atom. The zero-order valence-corrected chi connectivity index (χ0v) is 3.52. The lowest BCUT2D eigenvalue weighted by atomic mass is 12.6. The number of hydrogen-bond donors (Lipinski definition) is 3. The number of nitrogens with one attached hydrogen (secondary N) is 1. The lowest BCUT2D eigenvalue weighted by Gasteiger charge is -1.98. The van der Waals surface area contributed by atoms with Gasteiger partial charge in [-0.1, -0.05) is 10.1 Å². The molecule has 0 radical (unpaired) electrons. The second-order valence-corrected chi connectivity index (χ2v) is 0.590. The third-order valence-electron chi connectivity index (χ3n) is 0.150. The third kappa shape index (κ3) is 2.36. The van der Waals surface area contributed by atoms with E-state index in [-0.39, 0.29) is 0 Å². The predicted octanol–water partition coefficient (Wildman–Crippen LogP) is -0.157. The third-order valence-corrected chi connectivity index (χ3v) is 0.294. The Morgan fingerprint density at radius 3 is 2.50 bits per heavy atom. The Bertz CT molecular complexity index is 30.7. The van der Waals surface area contributed by atoms with E-state index in [1.165, 1.54) is 0 Å². The van der Waals surface area contributed by atoms with Gasteiger partial charge in [0.25, 0.3) is 0 Å². The van der Waals surface area contributed by atoms with E-state index in [0.29, 0.717) is 0 Å². The minimum Gasteiger partial charge on any atom is -0.298 e. The molecule has 0 rings (SSSR count). The molecule has 0 saturated carbocycles. The molecule has 38 valence electrons. The molecule has 6 heavy (non-hydrogen) atoms. The van der Waals surface area contributed by atoms with Gasteiger partial charge in [-0.3, -0.25) is 5.21 Å². The van der Waals surface area contributed by atoms with Gasteiger partial charge in [0, 0.05) is 12.9 Å². The minimum absolute atomic E-state index is 0.580. The molecule has 0 heterocycles. The highest BCUT2D eigenvalue weighted by molar-refractivity contribution is 7.75. The number of hydrogen-bond acceptors (Lipinski definition) is 5. The Balaban J connectivity index is 2.75. The lowest BCUT2D eigenvalue weighted by Crippen LogP contribution is -2.23. The van der Waals surface area contributed by atoms with Crippen LogP contribution in [0.15, 0.2) is 0 Å². The summed E-state index contributed by atoms with van der Waals surface area (Å²) >= 11 is 2.92. The summed E-state index contributed by atoms with van der Waals surface area (Å²) < 4.78 is 14.4. The van der Waals surface area contributed by atoms with Gasteiger partial charge in [0.2, 0.25) is 0 Å². The smallest absolute Gasteiger partial charge is 0.0893 e. The van der Waals surface area contributed by atoms with Crippen molar-refractivity contribution < 1.29 is 14.0 Å². The molecule has 0 fully saturated rings. The van der Waals surface area contributed by atoms with Crippen LogP contribution in [-0.2, 0) is 4.28 Å². The molecule has 0 saturated heterocycles. The van der Waals surface area contributed by atoms with Crippen molar-refractivity contribution in [2.45, 2.75) is 0 Å². The molecule has 2 N–H and O–H groups in total. The van der Waals surface area contributed by atoms with E-state index in [0.717, 1.165) is 5.59 Å². The normalized spacial score (nSPS) is 10.0. The van der Waals surface area contributed by atoms with E-state index in [2.05, 4.69) is 17.2 Å². The highest BCUT2D eigenvalue weighted by atomic mass is 32.1. The fraction of sp³-hybridized carbons (Fsp3) is 0. The van der Waals surface area contributed by atoms with Crippen LogP contribution in [0.1, 0.15) is 0 Å². The fourth-order valence-corrected chi connectivity index (χ4v) is 0.0548. The summed E-state index contributed by atoms with van der Waals surface area (Å²) in [5.41, 5.74) is 0.983. The molecule has 0 aliphatic rings. The van der Waals surface area contributed by atoms with Crippen LogP contribution in [0, 0.1) is 0 Å². The van der Waals surface area contributed by atoms with Gasteiger partial charge in [-0.25, -0.2) is 0 Å². The summed E-state index contributed by atoms with van der Waals surface area (Å²) in [7, 11) is 0. The fourth-order valence-electron chi connectivity index (χ4n) is 0.0183. The van der Waals surface area contributed by atoms with Crippen molar-refractivity contribution in [1.29, 1.82) is 0 Å². The standard InChI is InChI=1S/FH3N2O2S/c1-3(2-4)5-6/h2,4,6H. The largest absolute Gasteiger partial charge is 0.298 e. The predicted molar refractivity (Wildman–Crippen MR) is 17.9 cm³/mol. The average molecular weight is 114 g/mol. The van der Waals surface area contributed by atoms with Gasteiger partial charge in [-0.15, -0.1) is 0 Å². The molecular formula is H3FN2O2S. The Labute approximate surface area is 38.9 Å². The maximum absolute atomic E-state index is 11.0. The molecule has 0 aromatic carbocycles. The summed E-state index contributed by atoms with van der Waals surface area (Å²) in [6.45, 7) is 0. The maximum Gasteiger partial charge on any atom is 0.0893 e. The first-order valence-corrected chi connectivity index (χ1v) is 1.35. The average Bonchev–Trinajstić information content (AvgIpc) is 1.65. The number of rotatable bonds is 2. The van der Waals surface area contributed by atoms with Gasteiger partial charge in [0.15, 0.2) is 0 Å². The van der Waals surface area contributed by atoms with Crippen molar-refractivity contribution in [3.63, 3.8) is 0 Å². The summed E-state index contributed by atoms with van der Waals surface area (Å²) in [6, 6.07) is 0. The summed E-state index contributed by atoms with van der Waals surface area (Å²) in [4.78, 5) is 0. The van der Waals surface area contributed by atoms with Gasteiger partial charge in [-0.2, -0.15) is 4.28 Å². The monoisotopic (exact) mass is 114 g/mol. The van der Waals surface area contributed by atoms with Crippen molar-refractivity contribution in [3.05, 3.63) is 0 Å². The summed E-state index contributed by atoms with van der Waals surface area (Å²) in [6.07, 6.45) is 0. The summed E-state index contributed by atoms with van der Waals surface area (Å²) in [5, 5.41) is 6.88. The van der Waals surface area contributed by atoms with Crippen molar-refractivity contribution >= 4 is 12.9 Å². The molecular weight excluding hydrogens is 111 g/mol. The molecule has 0 aliphatic heterocycles. The number of halogens is 1. The molecule has 0 bridgehead atoms. The van der Waals surface area contributed by atoms with Gasteiger partial charge in [-0.05, 0) is 0 Å². The number of nitrogens with zero attached hydrogens (tertiary/aromatic N) is 1. The first kappa shape index (κ1) is 6.12. The minimum atomic E-state index is -0.580. The zero-order chi connectivity index (χ0) is 4.99. The van der Waals surface area contributed by atoms with Crippen molar-refractivity contribution in [3.8, 4) is 0 Å². The molecule has 6 heteroatoms. The van der Waals surface area contributed by atoms with Crippen LogP contribution in [0.2, 0.25) is 0 Å². The quantitative estimate of drug-likeness (QED) is 0.202. The number of thiol groups is 1. The Hall–Kier alpha value is 0.120. The molecule has 0 aromatic heterocycles. The highest BCUT2D eigenvalue weighted by Crippen LogP contribution is 1.83. The Kier molecular flexibility index (Phi) is 3.38. The van der Waals surface area contributed by atoms with Gasteiger partial charge >= 0.3 is 0 Å². The molecule has 0 aliphatic carbocycles. The van der Waals surface area contributed by atoms with Gasteiger partial charge in [0.05, 0.1) is 5.39 Å². The van der Waals surface area contributed by atoms with Crippen LogP contribution < -0.4 is 5.59 Å². The van der Waals surface area contributed by atoms with Gasteiger partial charge < -0.3 is 0 Å². The van der Waals surface area contributed by atoms with E-state index < -0.39 is 5.39 Å². The number of hydrazine groups is 1. The summed E-state index contributed by atoms with van der Waals surface area (Å²) in [5.74, 6) is 0. The zero-order valence-electron chi connectivity index (χ0n) is 2.63. The molecule has 0 atom stereocenters. The molecule has 0 amide bonds. The van der Waals surface area contributed by atoms with Crippen molar-refractivity contribution in [2.24, 2.45) is 0 Å². The molecule has 0 unspecified atom stereocenters. The van der Waals surface area contributed by atoms with E-state index >= 15 is 0 Å². The molecule has 0 spiro atoms.